The van der Waals surface area contributed by atoms with E-state index in [-0.39, 0.29) is 5.91 Å². The van der Waals surface area contributed by atoms with Crippen LogP contribution in [0.1, 0.15) is 10.4 Å². The molecule has 5 heteroatoms. The summed E-state index contributed by atoms with van der Waals surface area (Å²) in [7, 11) is 1.69. The van der Waals surface area contributed by atoms with Crippen LogP contribution in [-0.4, -0.2) is 22.9 Å². The molecule has 1 amide bonds. The highest BCUT2D eigenvalue weighted by atomic mass is 35.5. The van der Waals surface area contributed by atoms with Gasteiger partial charge >= 0.3 is 0 Å². The van der Waals surface area contributed by atoms with Crippen LogP contribution in [-0.2, 0) is 0 Å². The minimum atomic E-state index is -0.151. The lowest BCUT2D eigenvalue weighted by Gasteiger charge is -2.16. The number of rotatable bonds is 2. The Kier molecular flexibility index (Phi) is 3.35. The molecule has 0 aliphatic carbocycles. The fourth-order valence-corrected chi connectivity index (χ4v) is 1.57. The van der Waals surface area contributed by atoms with E-state index in [1.165, 1.54) is 17.2 Å². The molecule has 0 bridgehead atoms. The second-order valence-electron chi connectivity index (χ2n) is 3.44. The van der Waals surface area contributed by atoms with Crippen LogP contribution in [0, 0.1) is 0 Å². The Hall–Kier alpha value is -1.94. The van der Waals surface area contributed by atoms with Gasteiger partial charge in [-0.2, -0.15) is 0 Å². The summed E-state index contributed by atoms with van der Waals surface area (Å²) < 4.78 is 0. The standard InChI is InChI=1S/C12H10ClN3O/c1-16(10-3-2-5-14-8-10)12(17)9-4-6-15-11(13)7-9/h2-8H,1H3. The molecule has 0 saturated heterocycles. The zero-order chi connectivity index (χ0) is 12.3. The van der Waals surface area contributed by atoms with Crippen LogP contribution in [0.2, 0.25) is 5.15 Å². The Balaban J connectivity index is 2.27. The van der Waals surface area contributed by atoms with Gasteiger partial charge in [0.2, 0.25) is 0 Å². The molecule has 0 fully saturated rings. The van der Waals surface area contributed by atoms with E-state index in [2.05, 4.69) is 9.97 Å². The van der Waals surface area contributed by atoms with Gasteiger partial charge in [-0.1, -0.05) is 11.6 Å². The van der Waals surface area contributed by atoms with Crippen LogP contribution in [0.5, 0.6) is 0 Å². The van der Waals surface area contributed by atoms with Crippen LogP contribution >= 0.6 is 11.6 Å². The van der Waals surface area contributed by atoms with E-state index in [1.54, 1.807) is 31.6 Å². The predicted molar refractivity (Wildman–Crippen MR) is 66.2 cm³/mol. The maximum atomic E-state index is 12.1. The lowest BCUT2D eigenvalue weighted by Crippen LogP contribution is -2.26. The minimum Gasteiger partial charge on any atom is -0.310 e. The second kappa shape index (κ2) is 4.93. The van der Waals surface area contributed by atoms with E-state index in [0.717, 1.165) is 5.69 Å². The lowest BCUT2D eigenvalue weighted by atomic mass is 10.2. The maximum Gasteiger partial charge on any atom is 0.258 e. The van der Waals surface area contributed by atoms with Crippen LogP contribution in [0.4, 0.5) is 5.69 Å². The van der Waals surface area contributed by atoms with Gasteiger partial charge in [-0.15, -0.1) is 0 Å². The Morgan fingerprint density at radius 1 is 1.35 bits per heavy atom. The number of carbonyl (C=O) groups is 1. The molecule has 2 aromatic heterocycles. The average Bonchev–Trinajstić information content (AvgIpc) is 2.38. The molecular weight excluding hydrogens is 238 g/mol. The first-order valence-corrected chi connectivity index (χ1v) is 5.36. The quantitative estimate of drug-likeness (QED) is 0.766. The molecule has 0 spiro atoms. The monoisotopic (exact) mass is 247 g/mol. The highest BCUT2D eigenvalue weighted by Gasteiger charge is 2.13. The molecule has 0 aromatic carbocycles. The van der Waals surface area contributed by atoms with Crippen molar-refractivity contribution in [3.63, 3.8) is 0 Å². The molecule has 0 aliphatic heterocycles. The number of aromatic nitrogens is 2. The second-order valence-corrected chi connectivity index (χ2v) is 3.83. The number of halogens is 1. The topological polar surface area (TPSA) is 46.1 Å². The maximum absolute atomic E-state index is 12.1. The Morgan fingerprint density at radius 3 is 2.82 bits per heavy atom. The van der Waals surface area contributed by atoms with E-state index in [9.17, 15) is 4.79 Å². The van der Waals surface area contributed by atoms with Gasteiger partial charge in [0.05, 0.1) is 11.9 Å². The predicted octanol–water partition coefficient (Wildman–Crippen LogP) is 2.41. The van der Waals surface area contributed by atoms with Gasteiger partial charge in [-0.05, 0) is 24.3 Å². The van der Waals surface area contributed by atoms with Gasteiger partial charge in [0.15, 0.2) is 0 Å². The van der Waals surface area contributed by atoms with Crippen molar-refractivity contribution in [1.29, 1.82) is 0 Å². The summed E-state index contributed by atoms with van der Waals surface area (Å²) in [4.78, 5) is 21.4. The third kappa shape index (κ3) is 2.60. The SMILES string of the molecule is CN(C(=O)c1ccnc(Cl)c1)c1cccnc1. The molecule has 0 saturated carbocycles. The van der Waals surface area contributed by atoms with Gasteiger partial charge in [0, 0.05) is 25.0 Å². The first-order chi connectivity index (χ1) is 8.18. The van der Waals surface area contributed by atoms with Crippen molar-refractivity contribution < 1.29 is 4.79 Å². The number of hydrogen-bond acceptors (Lipinski definition) is 3. The van der Waals surface area contributed by atoms with Crippen LogP contribution in [0.3, 0.4) is 0 Å². The fourth-order valence-electron chi connectivity index (χ4n) is 1.40. The summed E-state index contributed by atoms with van der Waals surface area (Å²) in [5.74, 6) is -0.151. The van der Waals surface area contributed by atoms with Crippen molar-refractivity contribution in [3.8, 4) is 0 Å². The molecule has 17 heavy (non-hydrogen) atoms. The number of amides is 1. The van der Waals surface area contributed by atoms with E-state index in [1.807, 2.05) is 6.07 Å². The van der Waals surface area contributed by atoms with Crippen LogP contribution in [0.25, 0.3) is 0 Å². The first-order valence-electron chi connectivity index (χ1n) is 4.98. The van der Waals surface area contributed by atoms with Crippen molar-refractivity contribution in [1.82, 2.24) is 9.97 Å². The molecule has 2 rings (SSSR count). The van der Waals surface area contributed by atoms with Crippen molar-refractivity contribution in [3.05, 3.63) is 53.6 Å². The molecule has 0 aliphatic rings. The van der Waals surface area contributed by atoms with E-state index >= 15 is 0 Å². The molecule has 2 heterocycles. The Bertz CT molecular complexity index is 530. The van der Waals surface area contributed by atoms with Crippen LogP contribution < -0.4 is 4.90 Å². The van der Waals surface area contributed by atoms with Gasteiger partial charge in [0.25, 0.3) is 5.91 Å². The van der Waals surface area contributed by atoms with Crippen molar-refractivity contribution in [2.75, 3.05) is 11.9 Å². The van der Waals surface area contributed by atoms with Gasteiger partial charge in [-0.25, -0.2) is 4.98 Å². The summed E-state index contributed by atoms with van der Waals surface area (Å²) in [6.45, 7) is 0. The van der Waals surface area contributed by atoms with Crippen molar-refractivity contribution >= 4 is 23.2 Å². The third-order valence-electron chi connectivity index (χ3n) is 2.31. The normalized spacial score (nSPS) is 10.0. The van der Waals surface area contributed by atoms with Crippen LogP contribution in [0.15, 0.2) is 42.9 Å². The average molecular weight is 248 g/mol. The summed E-state index contributed by atoms with van der Waals surface area (Å²) in [6.07, 6.45) is 4.79. The van der Waals surface area contributed by atoms with Crippen molar-refractivity contribution in [2.45, 2.75) is 0 Å². The number of carbonyl (C=O) groups excluding carboxylic acids is 1. The fraction of sp³-hybridized carbons (Fsp3) is 0.0833. The largest absolute Gasteiger partial charge is 0.310 e. The van der Waals surface area contributed by atoms with Gasteiger partial charge < -0.3 is 4.90 Å². The smallest absolute Gasteiger partial charge is 0.258 e. The third-order valence-corrected chi connectivity index (χ3v) is 2.52. The summed E-state index contributed by atoms with van der Waals surface area (Å²) in [5.41, 5.74) is 1.22. The Morgan fingerprint density at radius 2 is 2.18 bits per heavy atom. The molecule has 0 N–H and O–H groups in total. The molecular formula is C12H10ClN3O. The molecule has 4 nitrogen and oxygen atoms in total. The van der Waals surface area contributed by atoms with E-state index in [4.69, 9.17) is 11.6 Å². The first kappa shape index (κ1) is 11.5. The van der Waals surface area contributed by atoms with Gasteiger partial charge in [-0.3, -0.25) is 9.78 Å². The zero-order valence-corrected chi connectivity index (χ0v) is 9.93. The van der Waals surface area contributed by atoms with E-state index < -0.39 is 0 Å². The lowest BCUT2D eigenvalue weighted by molar-refractivity contribution is 0.0993. The summed E-state index contributed by atoms with van der Waals surface area (Å²) in [6, 6.07) is 6.75. The highest BCUT2D eigenvalue weighted by Crippen LogP contribution is 2.15. The Labute approximate surface area is 104 Å². The molecule has 2 aromatic rings. The highest BCUT2D eigenvalue weighted by molar-refractivity contribution is 6.29. The van der Waals surface area contributed by atoms with Crippen molar-refractivity contribution in [2.24, 2.45) is 0 Å². The number of pyridine rings is 2. The molecule has 86 valence electrons. The minimum absolute atomic E-state index is 0.151. The molecule has 0 radical (unpaired) electrons. The van der Waals surface area contributed by atoms with E-state index in [0.29, 0.717) is 10.7 Å². The van der Waals surface area contributed by atoms with Gasteiger partial charge in [0.1, 0.15) is 5.15 Å². The molecule has 0 unspecified atom stereocenters. The number of anilines is 1. The number of nitrogens with zero attached hydrogens (tertiary/aromatic N) is 3. The zero-order valence-electron chi connectivity index (χ0n) is 9.17. The summed E-state index contributed by atoms with van der Waals surface area (Å²) in [5, 5.41) is 0.301. The summed E-state index contributed by atoms with van der Waals surface area (Å²) >= 11 is 5.75. The molecule has 0 atom stereocenters. The number of hydrogen-bond donors (Lipinski definition) is 0.